The molecule has 2 heterocycles. The second kappa shape index (κ2) is 7.11. The van der Waals surface area contributed by atoms with Gasteiger partial charge in [0.1, 0.15) is 5.82 Å². The molecule has 0 aliphatic rings. The van der Waals surface area contributed by atoms with Gasteiger partial charge in [-0.25, -0.2) is 4.39 Å². The number of H-pyrrole nitrogens is 1. The molecule has 2 aromatic carbocycles. The molecule has 150 valence electrons. The Morgan fingerprint density at radius 3 is 2.63 bits per heavy atom. The summed E-state index contributed by atoms with van der Waals surface area (Å²) in [7, 11) is 3.33. The molecule has 0 bridgehead atoms. The molecular formula is C23H19FN4O2. The third kappa shape index (κ3) is 3.00. The predicted octanol–water partition coefficient (Wildman–Crippen LogP) is 3.97. The van der Waals surface area contributed by atoms with Crippen LogP contribution >= 0.6 is 0 Å². The number of fused-ring (bicyclic) bond motifs is 3. The van der Waals surface area contributed by atoms with Gasteiger partial charge in [-0.1, -0.05) is 12.6 Å². The summed E-state index contributed by atoms with van der Waals surface area (Å²) in [6.45, 7) is 3.71. The standard InChI is InChI=1S/C23H19FN4O2/c1-4-14-9-12(7-8-26-14)19-17(24)11-16(22(25)29)21-20(19)15-6-5-13(10-18(15)27-21)23(30)28(2)3/h4-11,27H,1H2,2-3H3,(H2,25,29). The van der Waals surface area contributed by atoms with Crippen LogP contribution in [0.5, 0.6) is 0 Å². The Morgan fingerprint density at radius 1 is 1.20 bits per heavy atom. The zero-order chi connectivity index (χ0) is 21.6. The second-order valence-corrected chi connectivity index (χ2v) is 7.15. The molecule has 3 N–H and O–H groups in total. The van der Waals surface area contributed by atoms with Gasteiger partial charge in [0.2, 0.25) is 0 Å². The Labute approximate surface area is 171 Å². The summed E-state index contributed by atoms with van der Waals surface area (Å²) in [6.07, 6.45) is 3.15. The zero-order valence-electron chi connectivity index (χ0n) is 16.5. The average molecular weight is 402 g/mol. The van der Waals surface area contributed by atoms with Crippen molar-refractivity contribution in [1.29, 1.82) is 0 Å². The Bertz CT molecular complexity index is 1350. The van der Waals surface area contributed by atoms with Gasteiger partial charge >= 0.3 is 0 Å². The van der Waals surface area contributed by atoms with Crippen LogP contribution in [0.2, 0.25) is 0 Å². The molecule has 0 unspecified atom stereocenters. The normalized spacial score (nSPS) is 11.0. The van der Waals surface area contributed by atoms with Crippen molar-refractivity contribution < 1.29 is 14.0 Å². The second-order valence-electron chi connectivity index (χ2n) is 7.15. The molecule has 0 spiro atoms. The fourth-order valence-corrected chi connectivity index (χ4v) is 3.63. The number of primary amides is 1. The zero-order valence-corrected chi connectivity index (χ0v) is 16.5. The molecule has 2 aromatic heterocycles. The molecule has 4 aromatic rings. The largest absolute Gasteiger partial charge is 0.366 e. The number of benzene rings is 2. The van der Waals surface area contributed by atoms with Crippen molar-refractivity contribution in [1.82, 2.24) is 14.9 Å². The van der Waals surface area contributed by atoms with E-state index in [4.69, 9.17) is 5.73 Å². The Hall–Kier alpha value is -4.00. The minimum atomic E-state index is -0.747. The van der Waals surface area contributed by atoms with Crippen LogP contribution < -0.4 is 5.73 Å². The van der Waals surface area contributed by atoms with Crippen molar-refractivity contribution >= 4 is 39.7 Å². The van der Waals surface area contributed by atoms with Crippen molar-refractivity contribution in [2.24, 2.45) is 5.73 Å². The minimum absolute atomic E-state index is 0.0425. The summed E-state index contributed by atoms with van der Waals surface area (Å²) < 4.78 is 15.3. The van der Waals surface area contributed by atoms with Gasteiger partial charge in [0.25, 0.3) is 11.8 Å². The average Bonchev–Trinajstić information content (AvgIpc) is 3.10. The first-order chi connectivity index (χ1) is 14.3. The van der Waals surface area contributed by atoms with Crippen molar-refractivity contribution in [3.8, 4) is 11.1 Å². The summed E-state index contributed by atoms with van der Waals surface area (Å²) in [6, 6.07) is 9.66. The molecule has 0 fully saturated rings. The van der Waals surface area contributed by atoms with Gasteiger partial charge in [-0.2, -0.15) is 0 Å². The highest BCUT2D eigenvalue weighted by Crippen LogP contribution is 2.38. The van der Waals surface area contributed by atoms with Crippen LogP contribution in [0.15, 0.2) is 49.2 Å². The number of rotatable bonds is 4. The minimum Gasteiger partial charge on any atom is -0.366 e. The predicted molar refractivity (Wildman–Crippen MR) is 116 cm³/mol. The van der Waals surface area contributed by atoms with E-state index in [0.29, 0.717) is 44.2 Å². The molecule has 30 heavy (non-hydrogen) atoms. The van der Waals surface area contributed by atoms with E-state index in [1.165, 1.54) is 4.90 Å². The smallest absolute Gasteiger partial charge is 0.253 e. The van der Waals surface area contributed by atoms with Crippen LogP contribution in [0.1, 0.15) is 26.4 Å². The van der Waals surface area contributed by atoms with Gasteiger partial charge in [-0.15, -0.1) is 0 Å². The molecule has 0 radical (unpaired) electrons. The molecular weight excluding hydrogens is 383 g/mol. The summed E-state index contributed by atoms with van der Waals surface area (Å²) in [5, 5.41) is 1.19. The fourth-order valence-electron chi connectivity index (χ4n) is 3.63. The van der Waals surface area contributed by atoms with Gasteiger partial charge in [0.15, 0.2) is 0 Å². The first-order valence-electron chi connectivity index (χ1n) is 9.20. The lowest BCUT2D eigenvalue weighted by Gasteiger charge is -2.10. The van der Waals surface area contributed by atoms with Crippen molar-refractivity contribution in [2.75, 3.05) is 14.1 Å². The molecule has 0 atom stereocenters. The first kappa shape index (κ1) is 19.3. The van der Waals surface area contributed by atoms with Crippen molar-refractivity contribution in [3.63, 3.8) is 0 Å². The lowest BCUT2D eigenvalue weighted by Crippen LogP contribution is -2.21. The van der Waals surface area contributed by atoms with E-state index in [2.05, 4.69) is 16.5 Å². The van der Waals surface area contributed by atoms with Crippen molar-refractivity contribution in [2.45, 2.75) is 0 Å². The SMILES string of the molecule is C=Cc1cc(-c2c(F)cc(C(N)=O)c3[nH]c4cc(C(=O)N(C)C)ccc4c23)ccn1. The summed E-state index contributed by atoms with van der Waals surface area (Å²) in [4.78, 5) is 33.2. The quantitative estimate of drug-likeness (QED) is 0.541. The molecule has 0 saturated heterocycles. The number of carbonyl (C=O) groups is 2. The summed E-state index contributed by atoms with van der Waals surface area (Å²) in [5.74, 6) is -1.49. The number of nitrogens with one attached hydrogen (secondary N) is 1. The van der Waals surface area contributed by atoms with E-state index in [1.54, 1.807) is 56.7 Å². The number of halogens is 1. The third-order valence-corrected chi connectivity index (χ3v) is 5.03. The number of hydrogen-bond donors (Lipinski definition) is 2. The number of pyridine rings is 1. The van der Waals surface area contributed by atoms with Crippen molar-refractivity contribution in [3.05, 3.63) is 71.8 Å². The molecule has 0 saturated carbocycles. The van der Waals surface area contributed by atoms with Crippen LogP contribution in [-0.2, 0) is 0 Å². The lowest BCUT2D eigenvalue weighted by atomic mass is 9.96. The van der Waals surface area contributed by atoms with E-state index in [9.17, 15) is 9.59 Å². The van der Waals surface area contributed by atoms with Gasteiger partial charge in [-0.05, 0) is 42.0 Å². The van der Waals surface area contributed by atoms with E-state index >= 15 is 4.39 Å². The number of carbonyl (C=O) groups excluding carboxylic acids is 2. The number of aromatic amines is 1. The Kier molecular flexibility index (Phi) is 4.58. The lowest BCUT2D eigenvalue weighted by molar-refractivity contribution is 0.0827. The van der Waals surface area contributed by atoms with E-state index in [1.807, 2.05) is 0 Å². The monoisotopic (exact) mass is 402 g/mol. The number of aromatic nitrogens is 2. The molecule has 0 aliphatic carbocycles. The van der Waals surface area contributed by atoms with Crippen LogP contribution in [0, 0.1) is 5.82 Å². The van der Waals surface area contributed by atoms with Gasteiger partial charge in [0.05, 0.1) is 16.8 Å². The van der Waals surface area contributed by atoms with Crippen LogP contribution in [0.4, 0.5) is 4.39 Å². The third-order valence-electron chi connectivity index (χ3n) is 5.03. The number of amides is 2. The maximum Gasteiger partial charge on any atom is 0.253 e. The maximum atomic E-state index is 15.3. The van der Waals surface area contributed by atoms with Crippen LogP contribution in [0.25, 0.3) is 39.0 Å². The highest BCUT2D eigenvalue weighted by Gasteiger charge is 2.22. The van der Waals surface area contributed by atoms with E-state index in [-0.39, 0.29) is 11.5 Å². The maximum absolute atomic E-state index is 15.3. The summed E-state index contributed by atoms with van der Waals surface area (Å²) >= 11 is 0. The van der Waals surface area contributed by atoms with E-state index < -0.39 is 11.7 Å². The molecule has 4 rings (SSSR count). The first-order valence-corrected chi connectivity index (χ1v) is 9.20. The highest BCUT2D eigenvalue weighted by atomic mass is 19.1. The number of nitrogens with zero attached hydrogens (tertiary/aromatic N) is 2. The number of hydrogen-bond acceptors (Lipinski definition) is 3. The molecule has 7 heteroatoms. The van der Waals surface area contributed by atoms with Crippen LogP contribution in [-0.4, -0.2) is 40.8 Å². The number of nitrogens with two attached hydrogens (primary N) is 1. The molecule has 6 nitrogen and oxygen atoms in total. The fraction of sp³-hybridized carbons (Fsp3) is 0.0870. The van der Waals surface area contributed by atoms with Gasteiger partial charge < -0.3 is 15.6 Å². The molecule has 2 amide bonds. The summed E-state index contributed by atoms with van der Waals surface area (Å²) in [5.41, 5.74) is 8.55. The molecule has 0 aliphatic heterocycles. The van der Waals surface area contributed by atoms with Gasteiger partial charge in [0, 0.05) is 47.7 Å². The highest BCUT2D eigenvalue weighted by molar-refractivity contribution is 6.20. The van der Waals surface area contributed by atoms with Gasteiger partial charge in [-0.3, -0.25) is 14.6 Å². The topological polar surface area (TPSA) is 92.1 Å². The van der Waals surface area contributed by atoms with E-state index in [0.717, 1.165) is 6.07 Å². The Morgan fingerprint density at radius 2 is 1.97 bits per heavy atom. The Balaban J connectivity index is 2.11. The van der Waals surface area contributed by atoms with Crippen LogP contribution in [0.3, 0.4) is 0 Å².